The van der Waals surface area contributed by atoms with Crippen molar-refractivity contribution in [2.24, 2.45) is 4.99 Å². The Morgan fingerprint density at radius 2 is 2.44 bits per heavy atom. The summed E-state index contributed by atoms with van der Waals surface area (Å²) in [5, 5.41) is 3.87. The maximum Gasteiger partial charge on any atom is 0.0511 e. The van der Waals surface area contributed by atoms with Crippen molar-refractivity contribution >= 4 is 23.2 Å². The minimum atomic E-state index is 0.811. The molecule has 0 aliphatic heterocycles. The predicted molar refractivity (Wildman–Crippen MR) is 42.2 cm³/mol. The first-order valence-corrected chi connectivity index (χ1v) is 3.52. The van der Waals surface area contributed by atoms with Crippen molar-refractivity contribution in [2.75, 3.05) is 12.8 Å². The van der Waals surface area contributed by atoms with E-state index in [-0.39, 0.29) is 0 Å². The molecule has 1 heterocycles. The summed E-state index contributed by atoms with van der Waals surface area (Å²) in [5.74, 6) is 0. The number of nitrogens with zero attached hydrogens (tertiary/aromatic N) is 1. The number of nitrogen functional groups attached to an aromatic ring is 1. The lowest BCUT2D eigenvalue weighted by Gasteiger charge is -1.84. The van der Waals surface area contributed by atoms with Crippen molar-refractivity contribution < 1.29 is 0 Å². The molecule has 1 aromatic rings. The Kier molecular flexibility index (Phi) is 1.85. The summed E-state index contributed by atoms with van der Waals surface area (Å²) in [5.41, 5.74) is 7.37. The van der Waals surface area contributed by atoms with E-state index in [0.29, 0.717) is 0 Å². The molecule has 0 bridgehead atoms. The summed E-state index contributed by atoms with van der Waals surface area (Å²) in [4.78, 5) is 3.84. The van der Waals surface area contributed by atoms with Gasteiger partial charge >= 0.3 is 0 Å². The van der Waals surface area contributed by atoms with Gasteiger partial charge in [0.25, 0.3) is 0 Å². The van der Waals surface area contributed by atoms with E-state index in [1.165, 1.54) is 0 Å². The lowest BCUT2D eigenvalue weighted by Crippen LogP contribution is -1.86. The van der Waals surface area contributed by atoms with Crippen LogP contribution in [0.2, 0.25) is 0 Å². The van der Waals surface area contributed by atoms with E-state index in [9.17, 15) is 0 Å². The number of hydrogen-bond donors (Lipinski definition) is 1. The molecule has 0 spiro atoms. The average Bonchev–Trinajstić information content (AvgIpc) is 2.18. The van der Waals surface area contributed by atoms with Gasteiger partial charge in [0.15, 0.2) is 0 Å². The molecule has 0 aliphatic rings. The van der Waals surface area contributed by atoms with Crippen LogP contribution in [0.5, 0.6) is 0 Å². The zero-order valence-corrected chi connectivity index (χ0v) is 5.98. The second-order valence-corrected chi connectivity index (χ2v) is 2.41. The first-order chi connectivity index (χ1) is 4.34. The average molecular weight is 140 g/mol. The molecule has 0 unspecified atom stereocenters. The molecule has 0 aromatic carbocycles. The zero-order chi connectivity index (χ0) is 6.69. The summed E-state index contributed by atoms with van der Waals surface area (Å²) in [6.45, 7) is 0. The van der Waals surface area contributed by atoms with Crippen molar-refractivity contribution in [2.45, 2.75) is 0 Å². The van der Waals surface area contributed by atoms with Gasteiger partial charge in [0.05, 0.1) is 5.69 Å². The van der Waals surface area contributed by atoms with E-state index in [1.807, 2.05) is 10.8 Å². The van der Waals surface area contributed by atoms with Gasteiger partial charge in [0, 0.05) is 29.6 Å². The van der Waals surface area contributed by atoms with Crippen molar-refractivity contribution in [3.63, 3.8) is 0 Å². The Bertz CT molecular complexity index is 215. The normalized spacial score (nSPS) is 10.8. The largest absolute Gasteiger partial charge is 0.398 e. The highest BCUT2D eigenvalue weighted by atomic mass is 32.1. The molecule has 2 nitrogen and oxygen atoms in total. The third kappa shape index (κ3) is 1.29. The van der Waals surface area contributed by atoms with Gasteiger partial charge in [-0.1, -0.05) is 0 Å². The highest BCUT2D eigenvalue weighted by Crippen LogP contribution is 2.13. The third-order valence-electron chi connectivity index (χ3n) is 0.992. The fraction of sp³-hybridized carbons (Fsp3) is 0.167. The van der Waals surface area contributed by atoms with Gasteiger partial charge in [-0.2, -0.15) is 0 Å². The molecule has 2 N–H and O–H groups in total. The number of rotatable bonds is 1. The van der Waals surface area contributed by atoms with Crippen LogP contribution < -0.4 is 5.73 Å². The van der Waals surface area contributed by atoms with E-state index < -0.39 is 0 Å². The maximum absolute atomic E-state index is 5.55. The number of hydrogen-bond acceptors (Lipinski definition) is 3. The molecule has 0 amide bonds. The monoisotopic (exact) mass is 140 g/mol. The minimum Gasteiger partial charge on any atom is -0.398 e. The van der Waals surface area contributed by atoms with E-state index >= 15 is 0 Å². The van der Waals surface area contributed by atoms with E-state index in [1.54, 1.807) is 24.6 Å². The van der Waals surface area contributed by atoms with Gasteiger partial charge in [-0.3, -0.25) is 4.99 Å². The topological polar surface area (TPSA) is 38.4 Å². The number of nitrogens with two attached hydrogens (primary N) is 1. The van der Waals surface area contributed by atoms with Gasteiger partial charge in [-0.15, -0.1) is 11.3 Å². The van der Waals surface area contributed by atoms with Gasteiger partial charge < -0.3 is 5.73 Å². The molecule has 48 valence electrons. The fourth-order valence-corrected chi connectivity index (χ4v) is 1.26. The first kappa shape index (κ1) is 6.29. The minimum absolute atomic E-state index is 0.811. The summed E-state index contributed by atoms with van der Waals surface area (Å²) >= 11 is 1.59. The van der Waals surface area contributed by atoms with E-state index in [2.05, 4.69) is 4.99 Å². The molecule has 0 atom stereocenters. The molecule has 3 heteroatoms. The SMILES string of the molecule is CN=Cc1cscc1N. The highest BCUT2D eigenvalue weighted by Gasteiger charge is 1.92. The second-order valence-electron chi connectivity index (χ2n) is 1.67. The third-order valence-corrected chi connectivity index (χ3v) is 1.77. The number of thiophene rings is 1. The van der Waals surface area contributed by atoms with Crippen LogP contribution in [-0.2, 0) is 0 Å². The van der Waals surface area contributed by atoms with Gasteiger partial charge in [-0.25, -0.2) is 0 Å². The van der Waals surface area contributed by atoms with Crippen molar-refractivity contribution in [1.82, 2.24) is 0 Å². The predicted octanol–water partition coefficient (Wildman–Crippen LogP) is 1.38. The molecule has 0 radical (unpaired) electrons. The molecule has 0 fully saturated rings. The van der Waals surface area contributed by atoms with Crippen LogP contribution >= 0.6 is 11.3 Å². The van der Waals surface area contributed by atoms with Crippen molar-refractivity contribution in [3.05, 3.63) is 16.3 Å². The van der Waals surface area contributed by atoms with Crippen LogP contribution in [0.3, 0.4) is 0 Å². The highest BCUT2D eigenvalue weighted by molar-refractivity contribution is 7.08. The molecular weight excluding hydrogens is 132 g/mol. The summed E-state index contributed by atoms with van der Waals surface area (Å²) in [6.07, 6.45) is 1.76. The molecule has 0 saturated carbocycles. The standard InChI is InChI=1S/C6H8N2S/c1-8-2-5-3-9-4-6(5)7/h2-4H,7H2,1H3. The first-order valence-electron chi connectivity index (χ1n) is 2.58. The Morgan fingerprint density at radius 3 is 2.89 bits per heavy atom. The zero-order valence-electron chi connectivity index (χ0n) is 5.16. The summed E-state index contributed by atoms with van der Waals surface area (Å²) < 4.78 is 0. The van der Waals surface area contributed by atoms with Gasteiger partial charge in [0.2, 0.25) is 0 Å². The molecular formula is C6H8N2S. The second kappa shape index (κ2) is 2.64. The van der Waals surface area contributed by atoms with Crippen LogP contribution in [0.4, 0.5) is 5.69 Å². The van der Waals surface area contributed by atoms with Crippen LogP contribution in [0, 0.1) is 0 Å². The van der Waals surface area contributed by atoms with E-state index in [0.717, 1.165) is 11.3 Å². The van der Waals surface area contributed by atoms with Crippen molar-refractivity contribution in [1.29, 1.82) is 0 Å². The Morgan fingerprint density at radius 1 is 1.67 bits per heavy atom. The fourth-order valence-electron chi connectivity index (χ4n) is 0.561. The molecule has 0 aliphatic carbocycles. The number of aliphatic imine (C=N–C) groups is 1. The van der Waals surface area contributed by atoms with Crippen molar-refractivity contribution in [3.8, 4) is 0 Å². The Balaban J connectivity index is 2.94. The number of anilines is 1. The van der Waals surface area contributed by atoms with Crippen LogP contribution in [0.1, 0.15) is 5.56 Å². The lowest BCUT2D eigenvalue weighted by molar-refractivity contribution is 1.47. The van der Waals surface area contributed by atoms with Crippen LogP contribution in [0.25, 0.3) is 0 Å². The van der Waals surface area contributed by atoms with Crippen LogP contribution in [-0.4, -0.2) is 13.3 Å². The maximum atomic E-state index is 5.55. The molecule has 1 rings (SSSR count). The molecule has 1 aromatic heterocycles. The molecule has 9 heavy (non-hydrogen) atoms. The van der Waals surface area contributed by atoms with Crippen LogP contribution in [0.15, 0.2) is 15.8 Å². The quantitative estimate of drug-likeness (QED) is 0.588. The smallest absolute Gasteiger partial charge is 0.0511 e. The summed E-state index contributed by atoms with van der Waals surface area (Å²) in [7, 11) is 1.73. The van der Waals surface area contributed by atoms with Gasteiger partial charge in [0.1, 0.15) is 0 Å². The summed E-state index contributed by atoms with van der Waals surface area (Å²) in [6, 6.07) is 0. The van der Waals surface area contributed by atoms with E-state index in [4.69, 9.17) is 5.73 Å². The molecule has 0 saturated heterocycles. The lowest BCUT2D eigenvalue weighted by atomic mass is 10.3. The Labute approximate surface area is 58.0 Å². The Hall–Kier alpha value is -0.830. The van der Waals surface area contributed by atoms with Gasteiger partial charge in [-0.05, 0) is 0 Å².